The molecule has 0 saturated carbocycles. The topological polar surface area (TPSA) is 64.6 Å². The molecule has 2 heterocycles. The van der Waals surface area contributed by atoms with Gasteiger partial charge in [0.25, 0.3) is 5.91 Å². The fraction of sp³-hybridized carbons (Fsp3) is 0.0500. The van der Waals surface area contributed by atoms with E-state index in [1.165, 1.54) is 11.3 Å². The van der Waals surface area contributed by atoms with Gasteiger partial charge in [0.1, 0.15) is 17.4 Å². The third-order valence-electron chi connectivity index (χ3n) is 4.09. The molecule has 0 bridgehead atoms. The third-order valence-corrected chi connectivity index (χ3v) is 5.93. The predicted molar refractivity (Wildman–Crippen MR) is 111 cm³/mol. The quantitative estimate of drug-likeness (QED) is 0.441. The molecule has 1 amide bonds. The number of para-hydroxylation sites is 1. The Balaban J connectivity index is 1.93. The van der Waals surface area contributed by atoms with Crippen LogP contribution in [0, 0.1) is 12.3 Å². The number of carbonyl (C=O) groups excluding carboxylic acids is 1. The van der Waals surface area contributed by atoms with Crippen LogP contribution in [-0.4, -0.2) is 10.5 Å². The molecule has 4 aromatic rings. The number of amides is 1. The van der Waals surface area contributed by atoms with E-state index in [1.54, 1.807) is 41.0 Å². The molecule has 0 fully saturated rings. The SMILES string of the molecule is C#CCn1c(=NC(=O)c2coc3ccccc3c2=O)sc2ccc(Cl)c(Cl)c21. The predicted octanol–water partition coefficient (Wildman–Crippen LogP) is 4.49. The second kappa shape index (κ2) is 7.28. The van der Waals surface area contributed by atoms with Crippen molar-refractivity contribution < 1.29 is 9.21 Å². The van der Waals surface area contributed by atoms with E-state index in [2.05, 4.69) is 10.9 Å². The van der Waals surface area contributed by atoms with E-state index in [1.807, 2.05) is 0 Å². The minimum Gasteiger partial charge on any atom is -0.463 e. The molecule has 0 aliphatic rings. The van der Waals surface area contributed by atoms with Crippen molar-refractivity contribution in [1.82, 2.24) is 4.57 Å². The molecule has 0 N–H and O–H groups in total. The van der Waals surface area contributed by atoms with Crippen molar-refractivity contribution >= 4 is 61.6 Å². The lowest BCUT2D eigenvalue weighted by Gasteiger charge is -2.03. The summed E-state index contributed by atoms with van der Waals surface area (Å²) < 4.78 is 7.78. The number of carbonyl (C=O) groups is 1. The van der Waals surface area contributed by atoms with Crippen molar-refractivity contribution in [1.29, 1.82) is 0 Å². The lowest BCUT2D eigenvalue weighted by Crippen LogP contribution is -2.20. The van der Waals surface area contributed by atoms with E-state index >= 15 is 0 Å². The summed E-state index contributed by atoms with van der Waals surface area (Å²) in [4.78, 5) is 29.8. The minimum atomic E-state index is -0.723. The monoisotopic (exact) mass is 428 g/mol. The smallest absolute Gasteiger partial charge is 0.286 e. The van der Waals surface area contributed by atoms with Gasteiger partial charge in [0.05, 0.1) is 32.2 Å². The number of terminal acetylenes is 1. The first kappa shape index (κ1) is 18.5. The molecule has 28 heavy (non-hydrogen) atoms. The number of rotatable bonds is 2. The van der Waals surface area contributed by atoms with Crippen molar-refractivity contribution in [3.05, 3.63) is 73.3 Å². The highest BCUT2D eigenvalue weighted by atomic mass is 35.5. The van der Waals surface area contributed by atoms with Crippen LogP contribution >= 0.6 is 34.5 Å². The molecule has 0 spiro atoms. The summed E-state index contributed by atoms with van der Waals surface area (Å²) in [6.45, 7) is 0.137. The largest absolute Gasteiger partial charge is 0.463 e. The minimum absolute atomic E-state index is 0.137. The summed E-state index contributed by atoms with van der Waals surface area (Å²) in [5.41, 5.74) is 0.387. The highest BCUT2D eigenvalue weighted by Crippen LogP contribution is 2.32. The second-order valence-electron chi connectivity index (χ2n) is 5.77. The van der Waals surface area contributed by atoms with E-state index in [-0.39, 0.29) is 12.1 Å². The Morgan fingerprint density at radius 1 is 1.25 bits per heavy atom. The molecule has 0 aliphatic carbocycles. The number of nitrogens with zero attached hydrogens (tertiary/aromatic N) is 2. The molecule has 0 atom stereocenters. The summed E-state index contributed by atoms with van der Waals surface area (Å²) in [5.74, 6) is 1.79. The molecule has 138 valence electrons. The molecule has 0 unspecified atom stereocenters. The summed E-state index contributed by atoms with van der Waals surface area (Å²) in [7, 11) is 0. The van der Waals surface area contributed by atoms with Crippen molar-refractivity contribution in [3.8, 4) is 12.3 Å². The molecule has 2 aromatic carbocycles. The van der Waals surface area contributed by atoms with Gasteiger partial charge in [-0.25, -0.2) is 0 Å². The molecular weight excluding hydrogens is 419 g/mol. The van der Waals surface area contributed by atoms with Gasteiger partial charge < -0.3 is 8.98 Å². The normalized spacial score (nSPS) is 11.8. The van der Waals surface area contributed by atoms with Crippen molar-refractivity contribution in [3.63, 3.8) is 0 Å². The number of thiazole rings is 1. The van der Waals surface area contributed by atoms with Crippen LogP contribution in [-0.2, 0) is 6.54 Å². The number of benzene rings is 2. The van der Waals surface area contributed by atoms with E-state index in [4.69, 9.17) is 34.0 Å². The molecule has 0 radical (unpaired) electrons. The van der Waals surface area contributed by atoms with Gasteiger partial charge in [0.2, 0.25) is 5.43 Å². The van der Waals surface area contributed by atoms with Gasteiger partial charge in [0, 0.05) is 0 Å². The number of halogens is 2. The van der Waals surface area contributed by atoms with Gasteiger partial charge in [-0.05, 0) is 24.3 Å². The van der Waals surface area contributed by atoms with Gasteiger partial charge in [-0.2, -0.15) is 4.99 Å². The highest BCUT2D eigenvalue weighted by Gasteiger charge is 2.16. The Bertz CT molecular complexity index is 1420. The van der Waals surface area contributed by atoms with Crippen LogP contribution in [0.25, 0.3) is 21.2 Å². The first-order valence-electron chi connectivity index (χ1n) is 8.01. The second-order valence-corrected chi connectivity index (χ2v) is 7.57. The maximum atomic E-state index is 12.7. The average Bonchev–Trinajstić information content (AvgIpc) is 3.03. The summed E-state index contributed by atoms with van der Waals surface area (Å²) in [6.07, 6.45) is 6.59. The van der Waals surface area contributed by atoms with Crippen molar-refractivity contribution in [2.45, 2.75) is 6.54 Å². The summed E-state index contributed by atoms with van der Waals surface area (Å²) >= 11 is 13.6. The van der Waals surface area contributed by atoms with E-state index in [9.17, 15) is 9.59 Å². The van der Waals surface area contributed by atoms with E-state index in [0.717, 1.165) is 11.0 Å². The average molecular weight is 429 g/mol. The molecule has 4 rings (SSSR count). The van der Waals surface area contributed by atoms with Gasteiger partial charge in [0.15, 0.2) is 4.80 Å². The third kappa shape index (κ3) is 3.04. The zero-order chi connectivity index (χ0) is 19.8. The maximum Gasteiger partial charge on any atom is 0.286 e. The molecule has 2 aromatic heterocycles. The molecular formula is C20H10Cl2N2O3S. The van der Waals surface area contributed by atoms with Gasteiger partial charge in [-0.3, -0.25) is 9.59 Å². The Hall–Kier alpha value is -2.85. The first-order chi connectivity index (χ1) is 13.5. The van der Waals surface area contributed by atoms with E-state index < -0.39 is 11.3 Å². The molecule has 0 saturated heterocycles. The lowest BCUT2D eigenvalue weighted by atomic mass is 10.2. The number of hydrogen-bond acceptors (Lipinski definition) is 4. The Morgan fingerprint density at radius 3 is 2.82 bits per heavy atom. The van der Waals surface area contributed by atoms with Gasteiger partial charge >= 0.3 is 0 Å². The van der Waals surface area contributed by atoms with Gasteiger partial charge in [-0.15, -0.1) is 6.42 Å². The van der Waals surface area contributed by atoms with Crippen LogP contribution in [0.15, 0.2) is 56.9 Å². The van der Waals surface area contributed by atoms with Crippen LogP contribution in [0.5, 0.6) is 0 Å². The van der Waals surface area contributed by atoms with Crippen LogP contribution in [0.1, 0.15) is 10.4 Å². The lowest BCUT2D eigenvalue weighted by molar-refractivity contribution is 0.0995. The molecule has 5 nitrogen and oxygen atoms in total. The standard InChI is InChI=1S/C20H10Cl2N2O3S/c1-2-9-24-17-15(8-7-13(21)16(17)22)28-20(24)23-19(26)12-10-27-14-6-4-3-5-11(14)18(12)25/h1,3-8,10H,9H2. The number of fused-ring (bicyclic) bond motifs is 2. The fourth-order valence-electron chi connectivity index (χ4n) is 2.80. The zero-order valence-electron chi connectivity index (χ0n) is 14.1. The Labute approximate surface area is 172 Å². The first-order valence-corrected chi connectivity index (χ1v) is 9.59. The molecule has 8 heteroatoms. The highest BCUT2D eigenvalue weighted by molar-refractivity contribution is 7.16. The van der Waals surface area contributed by atoms with Crippen LogP contribution in [0.4, 0.5) is 0 Å². The number of aromatic nitrogens is 1. The summed E-state index contributed by atoms with van der Waals surface area (Å²) in [6, 6.07) is 10.1. The summed E-state index contributed by atoms with van der Waals surface area (Å²) in [5, 5.41) is 1.00. The van der Waals surface area contributed by atoms with Crippen molar-refractivity contribution in [2.24, 2.45) is 4.99 Å². The van der Waals surface area contributed by atoms with Crippen LogP contribution in [0.2, 0.25) is 10.0 Å². The van der Waals surface area contributed by atoms with Crippen LogP contribution < -0.4 is 10.2 Å². The van der Waals surface area contributed by atoms with Crippen LogP contribution in [0.3, 0.4) is 0 Å². The van der Waals surface area contributed by atoms with Gasteiger partial charge in [-0.1, -0.05) is 52.6 Å². The fourth-order valence-corrected chi connectivity index (χ4v) is 4.31. The Kier molecular flexibility index (Phi) is 4.82. The Morgan fingerprint density at radius 2 is 2.04 bits per heavy atom. The van der Waals surface area contributed by atoms with E-state index in [0.29, 0.717) is 31.3 Å². The zero-order valence-corrected chi connectivity index (χ0v) is 16.4. The van der Waals surface area contributed by atoms with Crippen molar-refractivity contribution in [2.75, 3.05) is 0 Å². The maximum absolute atomic E-state index is 12.7. The molecule has 0 aliphatic heterocycles. The number of hydrogen-bond donors (Lipinski definition) is 0.